The van der Waals surface area contributed by atoms with Gasteiger partial charge >= 0.3 is 0 Å². The van der Waals surface area contributed by atoms with Crippen LogP contribution in [-0.4, -0.2) is 34.8 Å². The molecule has 162 valence electrons. The smallest absolute Gasteiger partial charge is 0.270 e. The van der Waals surface area contributed by atoms with E-state index >= 15 is 0 Å². The van der Waals surface area contributed by atoms with Crippen LogP contribution in [0.2, 0.25) is 0 Å². The molecule has 2 aromatic rings. The third kappa shape index (κ3) is 3.85. The van der Waals surface area contributed by atoms with Gasteiger partial charge < -0.3 is 15.0 Å². The molecule has 2 aliphatic rings. The zero-order valence-electron chi connectivity index (χ0n) is 17.8. The molecule has 1 fully saturated rings. The van der Waals surface area contributed by atoms with Gasteiger partial charge in [0.25, 0.3) is 11.6 Å². The minimum Gasteiger partial charge on any atom is -0.496 e. The number of methoxy groups -OCH3 is 1. The number of amides is 2. The predicted molar refractivity (Wildman–Crippen MR) is 115 cm³/mol. The minimum atomic E-state index is -0.473. The lowest BCUT2D eigenvalue weighted by molar-refractivity contribution is -0.384. The monoisotopic (exact) mass is 423 g/mol. The van der Waals surface area contributed by atoms with Gasteiger partial charge in [-0.1, -0.05) is 6.07 Å². The molecule has 0 aromatic heterocycles. The number of anilines is 1. The molecular formula is C23H25N3O5. The number of hydrogen-bond acceptors (Lipinski definition) is 5. The summed E-state index contributed by atoms with van der Waals surface area (Å²) in [6.45, 7) is 4.17. The highest BCUT2D eigenvalue weighted by atomic mass is 16.6. The predicted octanol–water partition coefficient (Wildman–Crippen LogP) is 3.98. The number of rotatable bonds is 5. The van der Waals surface area contributed by atoms with Crippen LogP contribution in [-0.2, 0) is 11.3 Å². The summed E-state index contributed by atoms with van der Waals surface area (Å²) in [5.41, 5.74) is 3.61. The number of nitro benzene ring substituents is 1. The van der Waals surface area contributed by atoms with Gasteiger partial charge in [0.2, 0.25) is 5.91 Å². The lowest BCUT2D eigenvalue weighted by Crippen LogP contribution is -2.34. The van der Waals surface area contributed by atoms with Crippen LogP contribution < -0.4 is 10.1 Å². The maximum absolute atomic E-state index is 13.0. The Hall–Kier alpha value is -3.42. The van der Waals surface area contributed by atoms with E-state index in [1.165, 1.54) is 12.1 Å². The second-order valence-corrected chi connectivity index (χ2v) is 8.32. The Morgan fingerprint density at radius 3 is 2.68 bits per heavy atom. The summed E-state index contributed by atoms with van der Waals surface area (Å²) in [7, 11) is 1.59. The van der Waals surface area contributed by atoms with Crippen LogP contribution in [0.4, 0.5) is 11.4 Å². The van der Waals surface area contributed by atoms with Crippen molar-refractivity contribution in [2.45, 2.75) is 45.7 Å². The number of non-ortho nitro benzene ring substituents is 1. The van der Waals surface area contributed by atoms with Gasteiger partial charge in [-0.2, -0.15) is 0 Å². The van der Waals surface area contributed by atoms with E-state index in [9.17, 15) is 19.7 Å². The Morgan fingerprint density at radius 1 is 1.19 bits per heavy atom. The summed E-state index contributed by atoms with van der Waals surface area (Å²) < 4.78 is 5.31. The molecule has 2 aromatic carbocycles. The molecule has 2 amide bonds. The largest absolute Gasteiger partial charge is 0.496 e. The lowest BCUT2D eigenvalue weighted by atomic mass is 10.0. The molecule has 1 N–H and O–H groups in total. The summed E-state index contributed by atoms with van der Waals surface area (Å²) in [6, 6.07) is 8.37. The molecule has 0 radical (unpaired) electrons. The van der Waals surface area contributed by atoms with Crippen molar-refractivity contribution in [1.29, 1.82) is 0 Å². The molecule has 8 nitrogen and oxygen atoms in total. The average molecular weight is 423 g/mol. The van der Waals surface area contributed by atoms with Crippen molar-refractivity contribution in [2.75, 3.05) is 12.4 Å². The Morgan fingerprint density at radius 2 is 1.97 bits per heavy atom. The Bertz CT molecular complexity index is 1080. The molecule has 0 spiro atoms. The van der Waals surface area contributed by atoms with Gasteiger partial charge in [0.1, 0.15) is 5.75 Å². The van der Waals surface area contributed by atoms with Crippen molar-refractivity contribution < 1.29 is 19.2 Å². The first-order chi connectivity index (χ1) is 14.8. The van der Waals surface area contributed by atoms with E-state index in [-0.39, 0.29) is 29.5 Å². The Balaban J connectivity index is 1.44. The number of nitrogens with one attached hydrogen (secondary N) is 1. The standard InChI is InChI=1S/C23H25N3O5/c1-13-4-6-16(10-21(13)31-3)24-22(27)15-5-7-17(9-15)25-12-20-14(2)8-18(26(29)30)11-19(20)23(25)28/h4,6,8,10-11,15,17H,5,7,9,12H2,1-3H3,(H,24,27)/t15-,17-/m1/s1. The normalized spacial score (nSPS) is 20.0. The second kappa shape index (κ2) is 8.02. The number of fused-ring (bicyclic) bond motifs is 1. The summed E-state index contributed by atoms with van der Waals surface area (Å²) >= 11 is 0. The molecular weight excluding hydrogens is 398 g/mol. The van der Waals surface area contributed by atoms with Gasteiger partial charge in [-0.15, -0.1) is 0 Å². The third-order valence-corrected chi connectivity index (χ3v) is 6.38. The highest BCUT2D eigenvalue weighted by Crippen LogP contribution is 2.37. The molecule has 1 aliphatic carbocycles. The topological polar surface area (TPSA) is 102 Å². The molecule has 1 aliphatic heterocycles. The molecule has 4 rings (SSSR count). The van der Waals surface area contributed by atoms with E-state index in [0.29, 0.717) is 36.4 Å². The van der Waals surface area contributed by atoms with E-state index in [4.69, 9.17) is 4.74 Å². The third-order valence-electron chi connectivity index (χ3n) is 6.38. The number of carbonyl (C=O) groups excluding carboxylic acids is 2. The fourth-order valence-electron chi connectivity index (χ4n) is 4.62. The summed E-state index contributed by atoms with van der Waals surface area (Å²) in [5.74, 6) is 0.275. The molecule has 0 bridgehead atoms. The molecule has 8 heteroatoms. The number of benzene rings is 2. The van der Waals surface area contributed by atoms with Gasteiger partial charge in [0.15, 0.2) is 0 Å². The number of carbonyl (C=O) groups is 2. The van der Waals surface area contributed by atoms with Gasteiger partial charge in [-0.25, -0.2) is 0 Å². The number of ether oxygens (including phenoxy) is 1. The zero-order valence-corrected chi connectivity index (χ0v) is 17.8. The first-order valence-electron chi connectivity index (χ1n) is 10.3. The molecule has 0 saturated heterocycles. The zero-order chi connectivity index (χ0) is 22.3. The van der Waals surface area contributed by atoms with Gasteiger partial charge in [-0.05, 0) is 55.9 Å². The summed E-state index contributed by atoms with van der Waals surface area (Å²) in [4.78, 5) is 38.2. The fourth-order valence-corrected chi connectivity index (χ4v) is 4.62. The van der Waals surface area contributed by atoms with E-state index in [0.717, 1.165) is 23.1 Å². The maximum Gasteiger partial charge on any atom is 0.270 e. The van der Waals surface area contributed by atoms with Crippen molar-refractivity contribution in [3.8, 4) is 5.75 Å². The van der Waals surface area contributed by atoms with Crippen molar-refractivity contribution >= 4 is 23.2 Å². The van der Waals surface area contributed by atoms with Crippen molar-refractivity contribution in [1.82, 2.24) is 4.90 Å². The van der Waals surface area contributed by atoms with Crippen molar-refractivity contribution in [3.63, 3.8) is 0 Å². The van der Waals surface area contributed by atoms with Gasteiger partial charge in [0.05, 0.1) is 17.6 Å². The fraction of sp³-hybridized carbons (Fsp3) is 0.391. The van der Waals surface area contributed by atoms with E-state index in [2.05, 4.69) is 5.32 Å². The van der Waals surface area contributed by atoms with Crippen LogP contribution in [0.25, 0.3) is 0 Å². The quantitative estimate of drug-likeness (QED) is 0.579. The molecule has 0 unspecified atom stereocenters. The SMILES string of the molecule is COc1cc(NC(=O)[C@@H]2CC[C@@H](N3Cc4c(C)cc([N+](=O)[O-])cc4C3=O)C2)ccc1C. The number of nitro groups is 1. The minimum absolute atomic E-state index is 0.0540. The van der Waals surface area contributed by atoms with Gasteiger partial charge in [-0.3, -0.25) is 19.7 Å². The Labute approximate surface area is 180 Å². The maximum atomic E-state index is 13.0. The van der Waals surface area contributed by atoms with E-state index in [1.54, 1.807) is 25.0 Å². The first-order valence-corrected chi connectivity index (χ1v) is 10.3. The van der Waals surface area contributed by atoms with Crippen molar-refractivity contribution in [2.24, 2.45) is 5.92 Å². The molecule has 31 heavy (non-hydrogen) atoms. The van der Waals surface area contributed by atoms with Crippen LogP contribution in [0.5, 0.6) is 5.75 Å². The first kappa shape index (κ1) is 20.8. The van der Waals surface area contributed by atoms with Crippen LogP contribution >= 0.6 is 0 Å². The van der Waals surface area contributed by atoms with Crippen LogP contribution in [0.3, 0.4) is 0 Å². The summed E-state index contributed by atoms with van der Waals surface area (Å²) in [6.07, 6.45) is 2.00. The number of hydrogen-bond donors (Lipinski definition) is 1. The van der Waals surface area contributed by atoms with Crippen LogP contribution in [0.15, 0.2) is 30.3 Å². The van der Waals surface area contributed by atoms with Crippen molar-refractivity contribution in [3.05, 3.63) is 62.7 Å². The molecule has 2 atom stereocenters. The average Bonchev–Trinajstić information content (AvgIpc) is 3.35. The van der Waals surface area contributed by atoms with Crippen LogP contribution in [0, 0.1) is 29.9 Å². The lowest BCUT2D eigenvalue weighted by Gasteiger charge is -2.24. The van der Waals surface area contributed by atoms with Gasteiger partial charge in [0, 0.05) is 42.4 Å². The highest BCUT2D eigenvalue weighted by Gasteiger charge is 2.40. The van der Waals surface area contributed by atoms with E-state index in [1.807, 2.05) is 19.1 Å². The van der Waals surface area contributed by atoms with Crippen LogP contribution in [0.1, 0.15) is 46.3 Å². The molecule has 1 saturated carbocycles. The Kier molecular flexibility index (Phi) is 5.39. The summed E-state index contributed by atoms with van der Waals surface area (Å²) in [5, 5.41) is 14.1. The molecule has 1 heterocycles. The highest BCUT2D eigenvalue weighted by molar-refractivity contribution is 6.00. The number of nitrogens with zero attached hydrogens (tertiary/aromatic N) is 2. The second-order valence-electron chi connectivity index (χ2n) is 8.32. The van der Waals surface area contributed by atoms with E-state index < -0.39 is 4.92 Å². The number of aryl methyl sites for hydroxylation is 2.